The number of carbonyl (C=O) groups excluding carboxylic acids is 3. The molecule has 158 valence electrons. The average Bonchev–Trinajstić information content (AvgIpc) is 3.43. The van der Waals surface area contributed by atoms with Crippen molar-refractivity contribution in [2.24, 2.45) is 0 Å². The van der Waals surface area contributed by atoms with Gasteiger partial charge in [0.15, 0.2) is 0 Å². The number of nitrogens with one attached hydrogen (secondary N) is 1. The van der Waals surface area contributed by atoms with Gasteiger partial charge in [0.05, 0.1) is 11.4 Å². The number of amides is 3. The van der Waals surface area contributed by atoms with Gasteiger partial charge in [-0.3, -0.25) is 19.3 Å². The zero-order valence-electron chi connectivity index (χ0n) is 16.3. The second kappa shape index (κ2) is 9.25. The largest absolute Gasteiger partial charge is 0.350 e. The molecule has 2 aromatic heterocycles. The van der Waals surface area contributed by atoms with E-state index in [1.54, 1.807) is 17.4 Å². The van der Waals surface area contributed by atoms with Gasteiger partial charge in [0.1, 0.15) is 6.54 Å². The number of hydrogen-bond acceptors (Lipinski definition) is 5. The van der Waals surface area contributed by atoms with Crippen LogP contribution >= 0.6 is 39.0 Å². The molecule has 0 aliphatic carbocycles. The third kappa shape index (κ3) is 4.68. The minimum Gasteiger partial charge on any atom is -0.350 e. The lowest BCUT2D eigenvalue weighted by atomic mass is 10.1. The maximum Gasteiger partial charge on any atom is 0.293 e. The van der Waals surface area contributed by atoms with Crippen molar-refractivity contribution in [3.8, 4) is 0 Å². The molecule has 0 unspecified atom stereocenters. The fourth-order valence-electron chi connectivity index (χ4n) is 3.28. The molecular formula is C22H18BrN3O3S2. The van der Waals surface area contributed by atoms with Crippen LogP contribution in [-0.2, 0) is 22.7 Å². The number of benzene rings is 1. The Morgan fingerprint density at radius 1 is 1.26 bits per heavy atom. The molecule has 1 N–H and O–H groups in total. The molecule has 0 saturated carbocycles. The predicted molar refractivity (Wildman–Crippen MR) is 129 cm³/mol. The van der Waals surface area contributed by atoms with Crippen molar-refractivity contribution in [3.63, 3.8) is 0 Å². The topological polar surface area (TPSA) is 71.4 Å². The summed E-state index contributed by atoms with van der Waals surface area (Å²) in [7, 11) is 0. The molecule has 0 spiro atoms. The first-order valence-corrected chi connectivity index (χ1v) is 11.9. The number of rotatable bonds is 7. The van der Waals surface area contributed by atoms with Crippen LogP contribution in [0.25, 0.3) is 17.0 Å². The molecular weight excluding hydrogens is 498 g/mol. The zero-order chi connectivity index (χ0) is 22.0. The summed E-state index contributed by atoms with van der Waals surface area (Å²) < 4.78 is 2.74. The lowest BCUT2D eigenvalue weighted by Crippen LogP contribution is -2.27. The summed E-state index contributed by atoms with van der Waals surface area (Å²) in [6, 6.07) is 9.70. The summed E-state index contributed by atoms with van der Waals surface area (Å²) in [5.41, 5.74) is 1.64. The monoisotopic (exact) mass is 515 g/mol. The standard InChI is InChI=1S/C22H18BrN3O3S2/c1-2-7-26-21(28)19(31-22(26)29)9-14-12-25(18-6-5-15(23)10-17(14)18)13-20(27)24-11-16-4-3-8-30-16/h2-6,8-10,12H,1,7,11,13H2,(H,24,27)/b19-9-. The van der Waals surface area contributed by atoms with Crippen molar-refractivity contribution < 1.29 is 14.4 Å². The molecule has 4 rings (SSSR count). The van der Waals surface area contributed by atoms with Crippen LogP contribution in [0.5, 0.6) is 0 Å². The Hall–Kier alpha value is -2.62. The Morgan fingerprint density at radius 2 is 2.10 bits per heavy atom. The Balaban J connectivity index is 1.62. The van der Waals surface area contributed by atoms with Crippen molar-refractivity contribution in [1.29, 1.82) is 0 Å². The third-order valence-electron chi connectivity index (χ3n) is 4.70. The quantitative estimate of drug-likeness (QED) is 0.354. The van der Waals surface area contributed by atoms with Gasteiger partial charge in [0.2, 0.25) is 5.91 Å². The van der Waals surface area contributed by atoms with Crippen molar-refractivity contribution in [2.45, 2.75) is 13.1 Å². The van der Waals surface area contributed by atoms with E-state index in [-0.39, 0.29) is 30.1 Å². The lowest BCUT2D eigenvalue weighted by Gasteiger charge is -2.07. The molecule has 3 amide bonds. The van der Waals surface area contributed by atoms with Crippen LogP contribution in [0.4, 0.5) is 4.79 Å². The van der Waals surface area contributed by atoms with Crippen LogP contribution in [0.2, 0.25) is 0 Å². The van der Waals surface area contributed by atoms with Crippen LogP contribution in [-0.4, -0.2) is 33.1 Å². The highest BCUT2D eigenvalue weighted by molar-refractivity contribution is 9.10. The molecule has 0 radical (unpaired) electrons. The van der Waals surface area contributed by atoms with E-state index in [4.69, 9.17) is 0 Å². The first-order valence-electron chi connectivity index (χ1n) is 9.40. The second-order valence-electron chi connectivity index (χ2n) is 6.81. The molecule has 31 heavy (non-hydrogen) atoms. The summed E-state index contributed by atoms with van der Waals surface area (Å²) in [5.74, 6) is -0.439. The summed E-state index contributed by atoms with van der Waals surface area (Å²) in [6.07, 6.45) is 5.07. The SMILES string of the molecule is C=CCN1C(=O)S/C(=C\c2cn(CC(=O)NCc3cccs3)c3ccc(Br)cc23)C1=O. The fourth-order valence-corrected chi connectivity index (χ4v) is 5.12. The number of halogens is 1. The van der Waals surface area contributed by atoms with Crippen LogP contribution in [0.3, 0.4) is 0 Å². The first kappa shape index (κ1) is 21.6. The van der Waals surface area contributed by atoms with Gasteiger partial charge in [-0.15, -0.1) is 17.9 Å². The van der Waals surface area contributed by atoms with E-state index < -0.39 is 0 Å². The van der Waals surface area contributed by atoms with Crippen LogP contribution in [0.1, 0.15) is 10.4 Å². The van der Waals surface area contributed by atoms with Gasteiger partial charge in [-0.25, -0.2) is 0 Å². The van der Waals surface area contributed by atoms with Crippen LogP contribution in [0.15, 0.2) is 63.9 Å². The number of hydrogen-bond donors (Lipinski definition) is 1. The number of aromatic nitrogens is 1. The van der Waals surface area contributed by atoms with E-state index in [1.807, 2.05) is 46.5 Å². The molecule has 9 heteroatoms. The van der Waals surface area contributed by atoms with Gasteiger partial charge in [0.25, 0.3) is 11.1 Å². The zero-order valence-corrected chi connectivity index (χ0v) is 19.6. The maximum absolute atomic E-state index is 12.6. The minimum atomic E-state index is -0.334. The fraction of sp³-hybridized carbons (Fsp3) is 0.136. The van der Waals surface area contributed by atoms with Gasteiger partial charge in [-0.2, -0.15) is 0 Å². The van der Waals surface area contributed by atoms with E-state index in [2.05, 4.69) is 27.8 Å². The highest BCUT2D eigenvalue weighted by Crippen LogP contribution is 2.34. The average molecular weight is 516 g/mol. The number of nitrogens with zero attached hydrogens (tertiary/aromatic N) is 2. The number of carbonyl (C=O) groups is 3. The number of fused-ring (bicyclic) bond motifs is 1. The molecule has 1 fully saturated rings. The summed E-state index contributed by atoms with van der Waals surface area (Å²) >= 11 is 5.99. The number of thiophene rings is 1. The van der Waals surface area contributed by atoms with Gasteiger partial charge < -0.3 is 9.88 Å². The Morgan fingerprint density at radius 3 is 2.84 bits per heavy atom. The molecule has 0 atom stereocenters. The van der Waals surface area contributed by atoms with E-state index in [0.29, 0.717) is 11.4 Å². The molecule has 1 aliphatic heterocycles. The Labute approximate surface area is 195 Å². The van der Waals surface area contributed by atoms with Gasteiger partial charge in [-0.05, 0) is 47.5 Å². The maximum atomic E-state index is 12.6. The van der Waals surface area contributed by atoms with Crippen molar-refractivity contribution in [3.05, 3.63) is 74.4 Å². The molecule has 3 aromatic rings. The smallest absolute Gasteiger partial charge is 0.293 e. The molecule has 0 bridgehead atoms. The van der Waals surface area contributed by atoms with E-state index in [1.165, 1.54) is 6.08 Å². The summed E-state index contributed by atoms with van der Waals surface area (Å²) in [5, 5.41) is 5.48. The highest BCUT2D eigenvalue weighted by atomic mass is 79.9. The van der Waals surface area contributed by atoms with Gasteiger partial charge >= 0.3 is 0 Å². The normalized spacial score (nSPS) is 15.3. The molecule has 1 saturated heterocycles. The highest BCUT2D eigenvalue weighted by Gasteiger charge is 2.34. The molecule has 3 heterocycles. The Bertz CT molecular complexity index is 1210. The van der Waals surface area contributed by atoms with Crippen molar-refractivity contribution in [2.75, 3.05) is 6.54 Å². The van der Waals surface area contributed by atoms with Crippen molar-refractivity contribution >= 4 is 73.1 Å². The Kier molecular flexibility index (Phi) is 6.45. The lowest BCUT2D eigenvalue weighted by molar-refractivity contribution is -0.122. The molecule has 1 aromatic carbocycles. The van der Waals surface area contributed by atoms with Crippen molar-refractivity contribution in [1.82, 2.24) is 14.8 Å². The molecule has 6 nitrogen and oxygen atoms in total. The summed E-state index contributed by atoms with van der Waals surface area (Å²) in [6.45, 7) is 4.41. The van der Waals surface area contributed by atoms with Gasteiger partial charge in [0, 0.05) is 38.6 Å². The second-order valence-corrected chi connectivity index (χ2v) is 9.75. The van der Waals surface area contributed by atoms with E-state index in [9.17, 15) is 14.4 Å². The first-order chi connectivity index (χ1) is 15.0. The van der Waals surface area contributed by atoms with Gasteiger partial charge in [-0.1, -0.05) is 28.1 Å². The number of thioether (sulfide) groups is 1. The van der Waals surface area contributed by atoms with E-state index >= 15 is 0 Å². The number of imide groups is 1. The van der Waals surface area contributed by atoms with Crippen LogP contribution in [0, 0.1) is 0 Å². The van der Waals surface area contributed by atoms with E-state index in [0.717, 1.165) is 42.5 Å². The van der Waals surface area contributed by atoms with Crippen LogP contribution < -0.4 is 5.32 Å². The third-order valence-corrected chi connectivity index (χ3v) is 6.98. The molecule has 1 aliphatic rings. The predicted octanol–water partition coefficient (Wildman–Crippen LogP) is 5.00. The summed E-state index contributed by atoms with van der Waals surface area (Å²) in [4.78, 5) is 39.8. The minimum absolute atomic E-state index is 0.105.